The van der Waals surface area contributed by atoms with Gasteiger partial charge in [0, 0.05) is 0 Å². The molecule has 0 N–H and O–H groups in total. The van der Waals surface area contributed by atoms with Crippen molar-refractivity contribution in [2.24, 2.45) is 23.7 Å². The van der Waals surface area contributed by atoms with Crippen molar-refractivity contribution in [3.63, 3.8) is 0 Å². The van der Waals surface area contributed by atoms with Gasteiger partial charge in [-0.2, -0.15) is 0 Å². The first kappa shape index (κ1) is 12.4. The lowest BCUT2D eigenvalue weighted by molar-refractivity contribution is -0.0798. The van der Waals surface area contributed by atoms with E-state index in [1.165, 1.54) is 25.7 Å². The Kier molecular flexibility index (Phi) is 3.36. The molecule has 4 atom stereocenters. The summed E-state index contributed by atoms with van der Waals surface area (Å²) < 4.78 is 6.46. The monoisotopic (exact) mass is 224 g/mol. The molecule has 1 heterocycles. The van der Waals surface area contributed by atoms with Crippen molar-refractivity contribution >= 4 is 0 Å². The summed E-state index contributed by atoms with van der Waals surface area (Å²) in [4.78, 5) is 0. The smallest absolute Gasteiger partial charge is 0.0722 e. The Bertz CT molecular complexity index is 242. The fourth-order valence-electron chi connectivity index (χ4n) is 4.57. The molecule has 1 saturated carbocycles. The molecule has 2 rings (SSSR count). The van der Waals surface area contributed by atoms with Crippen LogP contribution in [0.2, 0.25) is 0 Å². The van der Waals surface area contributed by atoms with E-state index in [4.69, 9.17) is 4.74 Å². The second kappa shape index (κ2) is 4.33. The van der Waals surface area contributed by atoms with E-state index in [1.807, 2.05) is 0 Å². The van der Waals surface area contributed by atoms with Gasteiger partial charge in [-0.1, -0.05) is 34.1 Å². The minimum absolute atomic E-state index is 0.227. The average Bonchev–Trinajstić information content (AvgIpc) is 2.29. The second-order valence-corrected chi connectivity index (χ2v) is 6.81. The number of ether oxygens (including phenoxy) is 1. The highest BCUT2D eigenvalue weighted by Gasteiger charge is 2.55. The van der Waals surface area contributed by atoms with Crippen LogP contribution in [-0.4, -0.2) is 11.7 Å². The topological polar surface area (TPSA) is 9.23 Å². The van der Waals surface area contributed by atoms with Crippen molar-refractivity contribution < 1.29 is 4.74 Å². The van der Waals surface area contributed by atoms with E-state index in [0.717, 1.165) is 23.7 Å². The Morgan fingerprint density at radius 2 is 1.94 bits per heavy atom. The van der Waals surface area contributed by atoms with Crippen molar-refractivity contribution in [1.82, 2.24) is 0 Å². The molecule has 0 aromatic carbocycles. The summed E-state index contributed by atoms with van der Waals surface area (Å²) in [6.45, 7) is 11.7. The standard InChI is InChI=1S/C15H28O/c1-10(2)9-15-8-6-7-13(12(5)16-15)14(15)11(3)4/h10-14H,6-9H2,1-5H3. The third-order valence-electron chi connectivity index (χ3n) is 4.70. The van der Waals surface area contributed by atoms with E-state index in [9.17, 15) is 0 Å². The molecule has 0 aromatic heterocycles. The molecule has 4 unspecified atom stereocenters. The van der Waals surface area contributed by atoms with Gasteiger partial charge in [-0.3, -0.25) is 0 Å². The highest BCUT2D eigenvalue weighted by atomic mass is 16.5. The molecular formula is C15H28O. The van der Waals surface area contributed by atoms with Crippen LogP contribution in [0.3, 0.4) is 0 Å². The SMILES string of the molecule is CC(C)CC12CCCC(C(C)O1)C2C(C)C. The number of hydrogen-bond donors (Lipinski definition) is 0. The zero-order chi connectivity index (χ0) is 11.9. The minimum atomic E-state index is 0.227. The molecule has 0 radical (unpaired) electrons. The first-order chi connectivity index (χ1) is 7.46. The fraction of sp³-hybridized carbons (Fsp3) is 1.00. The molecule has 94 valence electrons. The zero-order valence-corrected chi connectivity index (χ0v) is 11.6. The molecule has 1 saturated heterocycles. The Morgan fingerprint density at radius 1 is 1.25 bits per heavy atom. The number of fused-ring (bicyclic) bond motifs is 2. The van der Waals surface area contributed by atoms with Gasteiger partial charge in [0.2, 0.25) is 0 Å². The molecule has 1 aliphatic heterocycles. The summed E-state index contributed by atoms with van der Waals surface area (Å²) >= 11 is 0. The third-order valence-corrected chi connectivity index (χ3v) is 4.70. The van der Waals surface area contributed by atoms with E-state index >= 15 is 0 Å². The van der Waals surface area contributed by atoms with Crippen LogP contribution < -0.4 is 0 Å². The fourth-order valence-corrected chi connectivity index (χ4v) is 4.57. The molecular weight excluding hydrogens is 196 g/mol. The first-order valence-electron chi connectivity index (χ1n) is 7.14. The Hall–Kier alpha value is -0.0400. The largest absolute Gasteiger partial charge is 0.371 e. The third kappa shape index (κ3) is 1.92. The van der Waals surface area contributed by atoms with Crippen LogP contribution in [0.1, 0.15) is 60.3 Å². The predicted octanol–water partition coefficient (Wildman–Crippen LogP) is 4.26. The summed E-state index contributed by atoms with van der Waals surface area (Å²) in [7, 11) is 0. The van der Waals surface area contributed by atoms with E-state index < -0.39 is 0 Å². The zero-order valence-electron chi connectivity index (χ0n) is 11.6. The lowest BCUT2D eigenvalue weighted by Gasteiger charge is -2.43. The molecule has 2 aliphatic rings. The van der Waals surface area contributed by atoms with Gasteiger partial charge in [-0.25, -0.2) is 0 Å². The van der Waals surface area contributed by atoms with E-state index in [1.54, 1.807) is 0 Å². The lowest BCUT2D eigenvalue weighted by Crippen LogP contribution is -2.43. The predicted molar refractivity (Wildman–Crippen MR) is 68.4 cm³/mol. The lowest BCUT2D eigenvalue weighted by atomic mass is 9.63. The molecule has 2 fully saturated rings. The molecule has 1 heteroatoms. The molecule has 0 aromatic rings. The van der Waals surface area contributed by atoms with Crippen LogP contribution in [0.15, 0.2) is 0 Å². The molecule has 1 nitrogen and oxygen atoms in total. The number of rotatable bonds is 3. The second-order valence-electron chi connectivity index (χ2n) is 6.81. The van der Waals surface area contributed by atoms with Crippen molar-refractivity contribution in [3.8, 4) is 0 Å². The van der Waals surface area contributed by atoms with Gasteiger partial charge in [-0.15, -0.1) is 0 Å². The average molecular weight is 224 g/mol. The minimum Gasteiger partial charge on any atom is -0.371 e. The van der Waals surface area contributed by atoms with Crippen molar-refractivity contribution in [3.05, 3.63) is 0 Å². The van der Waals surface area contributed by atoms with Crippen LogP contribution in [-0.2, 0) is 4.74 Å². The van der Waals surface area contributed by atoms with Crippen LogP contribution in [0.25, 0.3) is 0 Å². The van der Waals surface area contributed by atoms with Crippen molar-refractivity contribution in [1.29, 1.82) is 0 Å². The Balaban J connectivity index is 2.25. The van der Waals surface area contributed by atoms with E-state index in [2.05, 4.69) is 34.6 Å². The Labute approximate surface area is 101 Å². The quantitative estimate of drug-likeness (QED) is 0.696. The van der Waals surface area contributed by atoms with Crippen molar-refractivity contribution in [2.45, 2.75) is 72.0 Å². The van der Waals surface area contributed by atoms with Gasteiger partial charge in [0.15, 0.2) is 0 Å². The maximum Gasteiger partial charge on any atom is 0.0722 e. The van der Waals surface area contributed by atoms with Gasteiger partial charge in [0.1, 0.15) is 0 Å². The Morgan fingerprint density at radius 3 is 2.50 bits per heavy atom. The molecule has 0 spiro atoms. The highest BCUT2D eigenvalue weighted by molar-refractivity contribution is 5.04. The normalized spacial score (nSPS) is 43.3. The molecule has 2 bridgehead atoms. The molecule has 0 amide bonds. The maximum absolute atomic E-state index is 6.46. The highest BCUT2D eigenvalue weighted by Crippen LogP contribution is 2.55. The first-order valence-corrected chi connectivity index (χ1v) is 7.14. The van der Waals surface area contributed by atoms with Crippen LogP contribution in [0, 0.1) is 23.7 Å². The van der Waals surface area contributed by atoms with Gasteiger partial charge < -0.3 is 4.74 Å². The summed E-state index contributed by atoms with van der Waals surface area (Å²) in [6, 6.07) is 0. The summed E-state index contributed by atoms with van der Waals surface area (Å²) in [5.41, 5.74) is 0.227. The molecule has 16 heavy (non-hydrogen) atoms. The van der Waals surface area contributed by atoms with Crippen LogP contribution in [0.4, 0.5) is 0 Å². The van der Waals surface area contributed by atoms with Gasteiger partial charge >= 0.3 is 0 Å². The summed E-state index contributed by atoms with van der Waals surface area (Å²) in [5, 5.41) is 0. The van der Waals surface area contributed by atoms with E-state index in [-0.39, 0.29) is 5.60 Å². The summed E-state index contributed by atoms with van der Waals surface area (Å²) in [5.74, 6) is 3.16. The van der Waals surface area contributed by atoms with Crippen molar-refractivity contribution in [2.75, 3.05) is 0 Å². The van der Waals surface area contributed by atoms with Crippen LogP contribution >= 0.6 is 0 Å². The van der Waals surface area contributed by atoms with Gasteiger partial charge in [0.05, 0.1) is 11.7 Å². The maximum atomic E-state index is 6.46. The van der Waals surface area contributed by atoms with Crippen LogP contribution in [0.5, 0.6) is 0 Å². The summed E-state index contributed by atoms with van der Waals surface area (Å²) in [6.07, 6.45) is 5.83. The number of hydrogen-bond acceptors (Lipinski definition) is 1. The van der Waals surface area contributed by atoms with Gasteiger partial charge in [0.25, 0.3) is 0 Å². The van der Waals surface area contributed by atoms with Gasteiger partial charge in [-0.05, 0) is 49.9 Å². The molecule has 1 aliphatic carbocycles. The van der Waals surface area contributed by atoms with E-state index in [0.29, 0.717) is 6.10 Å².